The molecule has 1 amide bonds. The molecule has 1 heterocycles. The molecule has 0 aliphatic rings. The number of amides is 1. The Hall–Kier alpha value is -3.12. The lowest BCUT2D eigenvalue weighted by atomic mass is 10.1. The van der Waals surface area contributed by atoms with Gasteiger partial charge in [0.15, 0.2) is 0 Å². The van der Waals surface area contributed by atoms with Gasteiger partial charge in [0.05, 0.1) is 18.1 Å². The number of para-hydroxylation sites is 2. The number of fused-ring (bicyclic) bond motifs is 1. The third-order valence-electron chi connectivity index (χ3n) is 4.66. The smallest absolute Gasteiger partial charge is 0.244 e. The topological polar surface area (TPSA) is 56.2 Å². The summed E-state index contributed by atoms with van der Waals surface area (Å²) in [6, 6.07) is 23.3. The van der Waals surface area contributed by atoms with Crippen LogP contribution in [0.4, 0.5) is 5.69 Å². The van der Waals surface area contributed by atoms with Gasteiger partial charge in [-0.15, -0.1) is 0 Å². The van der Waals surface area contributed by atoms with E-state index in [9.17, 15) is 4.79 Å². The number of nitrogens with one attached hydrogen (secondary N) is 1. The Bertz CT molecular complexity index is 1150. The summed E-state index contributed by atoms with van der Waals surface area (Å²) in [5.74, 6) is 1.57. The zero-order chi connectivity index (χ0) is 20.2. The quantitative estimate of drug-likeness (QED) is 0.448. The van der Waals surface area contributed by atoms with Crippen LogP contribution in [0.3, 0.4) is 0 Å². The van der Waals surface area contributed by atoms with E-state index in [2.05, 4.69) is 21.2 Å². The van der Waals surface area contributed by atoms with Gasteiger partial charge < -0.3 is 14.6 Å². The van der Waals surface area contributed by atoms with Crippen molar-refractivity contribution in [3.63, 3.8) is 0 Å². The van der Waals surface area contributed by atoms with Crippen molar-refractivity contribution in [2.45, 2.75) is 13.0 Å². The maximum atomic E-state index is 12.7. The number of carbonyl (C=O) groups excluding carboxylic acids is 1. The summed E-state index contributed by atoms with van der Waals surface area (Å²) < 4.78 is 8.13. The molecule has 4 aromatic rings. The molecule has 0 saturated heterocycles. The maximum Gasteiger partial charge on any atom is 0.244 e. The number of benzene rings is 3. The molecule has 0 saturated carbocycles. The first kappa shape index (κ1) is 19.2. The summed E-state index contributed by atoms with van der Waals surface area (Å²) in [6.07, 6.45) is 0.628. The number of aromatic nitrogens is 2. The third-order valence-corrected chi connectivity index (χ3v) is 5.16. The van der Waals surface area contributed by atoms with Gasteiger partial charge in [0, 0.05) is 16.6 Å². The first-order chi connectivity index (χ1) is 14.1. The Morgan fingerprint density at radius 1 is 1.07 bits per heavy atom. The van der Waals surface area contributed by atoms with Crippen molar-refractivity contribution in [2.24, 2.45) is 0 Å². The molecule has 4 rings (SSSR count). The largest absolute Gasteiger partial charge is 0.497 e. The molecule has 29 heavy (non-hydrogen) atoms. The van der Waals surface area contributed by atoms with Crippen molar-refractivity contribution < 1.29 is 9.53 Å². The molecular formula is C23H20BrN3O2. The van der Waals surface area contributed by atoms with Crippen molar-refractivity contribution >= 4 is 38.6 Å². The SMILES string of the molecule is COc1ccc(Cc2nc3ccccc3n2CC(=O)Nc2cccc(Br)c2)cc1. The molecule has 0 unspecified atom stereocenters. The minimum absolute atomic E-state index is 0.0952. The highest BCUT2D eigenvalue weighted by Gasteiger charge is 2.14. The van der Waals surface area contributed by atoms with Crippen LogP contribution in [0.1, 0.15) is 11.4 Å². The van der Waals surface area contributed by atoms with Crippen molar-refractivity contribution in [3.8, 4) is 5.75 Å². The van der Waals surface area contributed by atoms with Crippen molar-refractivity contribution in [1.82, 2.24) is 9.55 Å². The monoisotopic (exact) mass is 449 g/mol. The number of ether oxygens (including phenoxy) is 1. The van der Waals surface area contributed by atoms with Gasteiger partial charge in [-0.2, -0.15) is 0 Å². The van der Waals surface area contributed by atoms with Crippen LogP contribution < -0.4 is 10.1 Å². The summed E-state index contributed by atoms with van der Waals surface area (Å²) in [7, 11) is 1.65. The molecule has 3 aromatic carbocycles. The molecule has 1 N–H and O–H groups in total. The van der Waals surface area contributed by atoms with Crippen LogP contribution in [0.5, 0.6) is 5.75 Å². The van der Waals surface area contributed by atoms with Crippen molar-refractivity contribution in [2.75, 3.05) is 12.4 Å². The lowest BCUT2D eigenvalue weighted by molar-refractivity contribution is -0.116. The Balaban J connectivity index is 1.61. The lowest BCUT2D eigenvalue weighted by Gasteiger charge is -2.11. The average Bonchev–Trinajstić information content (AvgIpc) is 3.05. The molecule has 146 valence electrons. The highest BCUT2D eigenvalue weighted by atomic mass is 79.9. The number of halogens is 1. The Morgan fingerprint density at radius 3 is 2.62 bits per heavy atom. The van der Waals surface area contributed by atoms with E-state index >= 15 is 0 Å². The highest BCUT2D eigenvalue weighted by molar-refractivity contribution is 9.10. The van der Waals surface area contributed by atoms with E-state index in [1.54, 1.807) is 7.11 Å². The number of hydrogen-bond donors (Lipinski definition) is 1. The van der Waals surface area contributed by atoms with Gasteiger partial charge in [-0.3, -0.25) is 4.79 Å². The van der Waals surface area contributed by atoms with Gasteiger partial charge in [-0.1, -0.05) is 46.3 Å². The fourth-order valence-electron chi connectivity index (χ4n) is 3.27. The van der Waals surface area contributed by atoms with E-state index < -0.39 is 0 Å². The number of carbonyl (C=O) groups is 1. The molecule has 0 spiro atoms. The molecule has 6 heteroatoms. The zero-order valence-corrected chi connectivity index (χ0v) is 17.5. The zero-order valence-electron chi connectivity index (χ0n) is 15.9. The predicted octanol–water partition coefficient (Wildman–Crippen LogP) is 5.04. The number of anilines is 1. The van der Waals surface area contributed by atoms with Gasteiger partial charge in [0.1, 0.15) is 18.1 Å². The summed E-state index contributed by atoms with van der Waals surface area (Å²) >= 11 is 3.43. The Kier molecular flexibility index (Phi) is 5.62. The summed E-state index contributed by atoms with van der Waals surface area (Å²) in [4.78, 5) is 17.5. The Morgan fingerprint density at radius 2 is 1.86 bits per heavy atom. The molecule has 0 bridgehead atoms. The number of hydrogen-bond acceptors (Lipinski definition) is 3. The highest BCUT2D eigenvalue weighted by Crippen LogP contribution is 2.21. The van der Waals surface area contributed by atoms with Gasteiger partial charge in [0.2, 0.25) is 5.91 Å². The predicted molar refractivity (Wildman–Crippen MR) is 118 cm³/mol. The molecule has 0 atom stereocenters. The standard InChI is InChI=1S/C23H20BrN3O2/c1-29-19-11-9-16(10-12-19)13-22-26-20-7-2-3-8-21(20)27(22)15-23(28)25-18-6-4-5-17(24)14-18/h2-12,14H,13,15H2,1H3,(H,25,28). The van der Waals surface area contributed by atoms with E-state index in [1.807, 2.05) is 77.4 Å². The second-order valence-corrected chi connectivity index (χ2v) is 7.60. The summed E-state index contributed by atoms with van der Waals surface area (Å²) in [6.45, 7) is 0.193. The number of rotatable bonds is 6. The fraction of sp³-hybridized carbons (Fsp3) is 0.130. The van der Waals surface area contributed by atoms with E-state index in [-0.39, 0.29) is 12.5 Å². The molecule has 0 radical (unpaired) electrons. The van der Waals surface area contributed by atoms with Crippen LogP contribution in [0, 0.1) is 0 Å². The van der Waals surface area contributed by atoms with E-state index in [0.717, 1.165) is 38.3 Å². The van der Waals surface area contributed by atoms with Crippen LogP contribution in [0.15, 0.2) is 77.3 Å². The van der Waals surface area contributed by atoms with Gasteiger partial charge >= 0.3 is 0 Å². The molecular weight excluding hydrogens is 430 g/mol. The van der Waals surface area contributed by atoms with Gasteiger partial charge in [-0.25, -0.2) is 4.98 Å². The Labute approximate surface area is 177 Å². The number of imidazole rings is 1. The van der Waals surface area contributed by atoms with E-state index in [1.165, 1.54) is 0 Å². The second-order valence-electron chi connectivity index (χ2n) is 6.69. The van der Waals surface area contributed by atoms with Crippen LogP contribution >= 0.6 is 15.9 Å². The minimum Gasteiger partial charge on any atom is -0.497 e. The van der Waals surface area contributed by atoms with Crippen LogP contribution in [-0.2, 0) is 17.8 Å². The number of methoxy groups -OCH3 is 1. The molecule has 5 nitrogen and oxygen atoms in total. The molecule has 0 fully saturated rings. The number of nitrogens with zero attached hydrogens (tertiary/aromatic N) is 2. The summed E-state index contributed by atoms with van der Waals surface area (Å²) in [5, 5.41) is 2.96. The van der Waals surface area contributed by atoms with Crippen LogP contribution in [-0.4, -0.2) is 22.6 Å². The minimum atomic E-state index is -0.0952. The van der Waals surface area contributed by atoms with Crippen molar-refractivity contribution in [3.05, 3.63) is 88.7 Å². The first-order valence-corrected chi connectivity index (χ1v) is 10.0. The van der Waals surface area contributed by atoms with Gasteiger partial charge in [-0.05, 0) is 48.0 Å². The van der Waals surface area contributed by atoms with E-state index in [4.69, 9.17) is 9.72 Å². The molecule has 0 aliphatic heterocycles. The second kappa shape index (κ2) is 8.49. The van der Waals surface area contributed by atoms with Crippen LogP contribution in [0.2, 0.25) is 0 Å². The fourth-order valence-corrected chi connectivity index (χ4v) is 3.67. The lowest BCUT2D eigenvalue weighted by Crippen LogP contribution is -2.20. The summed E-state index contributed by atoms with van der Waals surface area (Å²) in [5.41, 5.74) is 3.69. The average molecular weight is 450 g/mol. The molecule has 0 aliphatic carbocycles. The van der Waals surface area contributed by atoms with Gasteiger partial charge in [0.25, 0.3) is 0 Å². The van der Waals surface area contributed by atoms with Crippen molar-refractivity contribution in [1.29, 1.82) is 0 Å². The third kappa shape index (κ3) is 4.49. The normalized spacial score (nSPS) is 10.8. The molecule has 1 aromatic heterocycles. The maximum absolute atomic E-state index is 12.7. The first-order valence-electron chi connectivity index (χ1n) is 9.25. The van der Waals surface area contributed by atoms with Crippen LogP contribution in [0.25, 0.3) is 11.0 Å². The van der Waals surface area contributed by atoms with E-state index in [0.29, 0.717) is 6.42 Å².